The van der Waals surface area contributed by atoms with Crippen molar-refractivity contribution in [3.63, 3.8) is 0 Å². The topological polar surface area (TPSA) is 77.1 Å². The molecule has 0 radical (unpaired) electrons. The van der Waals surface area contributed by atoms with Crippen LogP contribution in [0.2, 0.25) is 0 Å². The summed E-state index contributed by atoms with van der Waals surface area (Å²) in [5.41, 5.74) is 1.85. The van der Waals surface area contributed by atoms with Crippen LogP contribution in [-0.2, 0) is 4.79 Å². The van der Waals surface area contributed by atoms with E-state index in [1.165, 1.54) is 6.08 Å². The number of hydrogen-bond acceptors (Lipinski definition) is 5. The van der Waals surface area contributed by atoms with Crippen molar-refractivity contribution >= 4 is 23.6 Å². The molecule has 1 N–H and O–H groups in total. The zero-order valence-corrected chi connectivity index (χ0v) is 18.4. The largest absolute Gasteiger partial charge is 0.493 e. The lowest BCUT2D eigenvalue weighted by Gasteiger charge is -2.37. The van der Waals surface area contributed by atoms with Gasteiger partial charge in [-0.1, -0.05) is 6.07 Å². The Morgan fingerprint density at radius 3 is 2.75 bits per heavy atom. The quantitative estimate of drug-likeness (QED) is 0.713. The number of carbonyl (C=O) groups excluding carboxylic acids is 2. The predicted octanol–water partition coefficient (Wildman–Crippen LogP) is 4.13. The highest BCUT2D eigenvalue weighted by atomic mass is 16.5. The number of benzene rings is 2. The number of nitrogens with one attached hydrogen (secondary N) is 1. The van der Waals surface area contributed by atoms with Gasteiger partial charge in [0.1, 0.15) is 5.75 Å². The fourth-order valence-electron chi connectivity index (χ4n) is 4.24. The Kier molecular flexibility index (Phi) is 6.63. The van der Waals surface area contributed by atoms with Gasteiger partial charge in [-0.05, 0) is 61.2 Å². The summed E-state index contributed by atoms with van der Waals surface area (Å²) >= 11 is 0. The molecule has 0 aliphatic carbocycles. The van der Waals surface area contributed by atoms with E-state index in [4.69, 9.17) is 14.2 Å². The first-order valence-electron chi connectivity index (χ1n) is 10.9. The molecule has 168 valence electrons. The summed E-state index contributed by atoms with van der Waals surface area (Å²) in [4.78, 5) is 27.6. The lowest BCUT2D eigenvalue weighted by atomic mass is 9.97. The van der Waals surface area contributed by atoms with Crippen molar-refractivity contribution in [1.82, 2.24) is 4.90 Å². The molecule has 0 spiro atoms. The van der Waals surface area contributed by atoms with E-state index >= 15 is 0 Å². The minimum Gasteiger partial charge on any atom is -0.493 e. The molecule has 2 amide bonds. The van der Waals surface area contributed by atoms with E-state index in [1.807, 2.05) is 11.0 Å². The molecule has 32 heavy (non-hydrogen) atoms. The van der Waals surface area contributed by atoms with Crippen molar-refractivity contribution in [2.24, 2.45) is 0 Å². The van der Waals surface area contributed by atoms with Crippen LogP contribution >= 0.6 is 0 Å². The fraction of sp³-hybridized carbons (Fsp3) is 0.360. The van der Waals surface area contributed by atoms with Crippen molar-refractivity contribution in [1.29, 1.82) is 0 Å². The molecular weight excluding hydrogens is 408 g/mol. The molecule has 0 saturated carbocycles. The van der Waals surface area contributed by atoms with Crippen molar-refractivity contribution in [2.75, 3.05) is 32.7 Å². The summed E-state index contributed by atoms with van der Waals surface area (Å²) < 4.78 is 16.4. The van der Waals surface area contributed by atoms with E-state index in [0.29, 0.717) is 35.1 Å². The van der Waals surface area contributed by atoms with Crippen molar-refractivity contribution < 1.29 is 23.8 Å². The second kappa shape index (κ2) is 9.77. The smallest absolute Gasteiger partial charge is 0.257 e. The van der Waals surface area contributed by atoms with E-state index in [1.54, 1.807) is 50.6 Å². The Labute approximate surface area is 188 Å². The molecule has 1 saturated heterocycles. The maximum absolute atomic E-state index is 13.2. The van der Waals surface area contributed by atoms with Gasteiger partial charge in [-0.25, -0.2) is 0 Å². The zero-order valence-electron chi connectivity index (χ0n) is 18.4. The van der Waals surface area contributed by atoms with Crippen LogP contribution in [0.25, 0.3) is 6.08 Å². The summed E-state index contributed by atoms with van der Waals surface area (Å²) in [6.07, 6.45) is 7.17. The van der Waals surface area contributed by atoms with Gasteiger partial charge in [-0.15, -0.1) is 0 Å². The fourth-order valence-corrected chi connectivity index (χ4v) is 4.24. The average Bonchev–Trinajstić information content (AvgIpc) is 2.82. The number of piperidine rings is 1. The third-order valence-electron chi connectivity index (χ3n) is 5.91. The van der Waals surface area contributed by atoms with Gasteiger partial charge in [-0.3, -0.25) is 9.59 Å². The summed E-state index contributed by atoms with van der Waals surface area (Å²) in [5.74, 6) is 1.46. The van der Waals surface area contributed by atoms with Crippen LogP contribution in [0.4, 0.5) is 5.69 Å². The van der Waals surface area contributed by atoms with Gasteiger partial charge >= 0.3 is 0 Å². The van der Waals surface area contributed by atoms with Crippen molar-refractivity contribution in [3.8, 4) is 17.2 Å². The maximum atomic E-state index is 13.2. The van der Waals surface area contributed by atoms with Crippen LogP contribution in [0.5, 0.6) is 17.2 Å². The number of methoxy groups -OCH3 is 2. The van der Waals surface area contributed by atoms with Crippen molar-refractivity contribution in [2.45, 2.75) is 31.7 Å². The number of amides is 2. The Bertz CT molecular complexity index is 1030. The van der Waals surface area contributed by atoms with E-state index in [2.05, 4.69) is 5.32 Å². The summed E-state index contributed by atoms with van der Waals surface area (Å²) in [5, 5.41) is 2.83. The number of fused-ring (bicyclic) bond motifs is 2. The van der Waals surface area contributed by atoms with Gasteiger partial charge in [-0.2, -0.15) is 0 Å². The molecule has 4 rings (SSSR count). The zero-order chi connectivity index (χ0) is 22.5. The van der Waals surface area contributed by atoms with Gasteiger partial charge in [0.2, 0.25) is 5.91 Å². The van der Waals surface area contributed by atoms with E-state index in [0.717, 1.165) is 37.8 Å². The van der Waals surface area contributed by atoms with Gasteiger partial charge in [0.25, 0.3) is 5.91 Å². The van der Waals surface area contributed by atoms with Crippen LogP contribution in [0.3, 0.4) is 0 Å². The second-order valence-corrected chi connectivity index (χ2v) is 7.93. The molecule has 2 heterocycles. The molecule has 7 nitrogen and oxygen atoms in total. The highest BCUT2D eigenvalue weighted by molar-refractivity contribution is 6.04. The monoisotopic (exact) mass is 436 g/mol. The van der Waals surface area contributed by atoms with Crippen LogP contribution in [0.15, 0.2) is 42.5 Å². The molecule has 2 aromatic carbocycles. The van der Waals surface area contributed by atoms with E-state index < -0.39 is 0 Å². The number of nitrogens with zero attached hydrogens (tertiary/aromatic N) is 1. The molecule has 1 unspecified atom stereocenters. The average molecular weight is 437 g/mol. The molecule has 1 fully saturated rings. The first-order valence-corrected chi connectivity index (χ1v) is 10.9. The first kappa shape index (κ1) is 21.7. The van der Waals surface area contributed by atoms with Crippen LogP contribution in [0, 0.1) is 0 Å². The number of carbonyl (C=O) groups is 2. The Morgan fingerprint density at radius 1 is 1.09 bits per heavy atom. The van der Waals surface area contributed by atoms with Gasteiger partial charge < -0.3 is 24.4 Å². The summed E-state index contributed by atoms with van der Waals surface area (Å²) in [7, 11) is 3.14. The van der Waals surface area contributed by atoms with Gasteiger partial charge in [0.15, 0.2) is 11.5 Å². The minimum atomic E-state index is -0.296. The number of rotatable bonds is 5. The highest BCUT2D eigenvalue weighted by Gasteiger charge is 2.31. The Hall–Kier alpha value is -3.48. The van der Waals surface area contributed by atoms with Gasteiger partial charge in [0.05, 0.1) is 26.4 Å². The normalized spacial score (nSPS) is 18.1. The van der Waals surface area contributed by atoms with E-state index in [-0.39, 0.29) is 17.9 Å². The number of anilines is 1. The maximum Gasteiger partial charge on any atom is 0.257 e. The molecule has 2 aromatic rings. The molecular formula is C25H28N2O5. The molecule has 0 bridgehead atoms. The highest BCUT2D eigenvalue weighted by Crippen LogP contribution is 2.31. The first-order chi connectivity index (χ1) is 15.6. The molecule has 2 aliphatic heterocycles. The standard InChI is InChI=1S/C25H28N2O5/c1-30-22-9-6-17(15-23(22)31-2)7-11-24(28)26-18-8-10-21-20(16-18)25(29)27-13-4-3-5-19(27)12-14-32-21/h6-11,15-16,19H,3-5,12-14H2,1-2H3,(H,26,28)/b11-7+. The third-order valence-corrected chi connectivity index (χ3v) is 5.91. The molecule has 1 atom stereocenters. The van der Waals surface area contributed by atoms with Crippen LogP contribution < -0.4 is 19.5 Å². The third kappa shape index (κ3) is 4.72. The van der Waals surface area contributed by atoms with Gasteiger partial charge in [0, 0.05) is 30.8 Å². The predicted molar refractivity (Wildman–Crippen MR) is 122 cm³/mol. The molecule has 7 heteroatoms. The van der Waals surface area contributed by atoms with Crippen molar-refractivity contribution in [3.05, 3.63) is 53.6 Å². The Morgan fingerprint density at radius 2 is 1.94 bits per heavy atom. The lowest BCUT2D eigenvalue weighted by Crippen LogP contribution is -2.45. The minimum absolute atomic E-state index is 0.0265. The van der Waals surface area contributed by atoms with E-state index in [9.17, 15) is 9.59 Å². The summed E-state index contributed by atoms with van der Waals surface area (Å²) in [6.45, 7) is 1.36. The lowest BCUT2D eigenvalue weighted by molar-refractivity contribution is -0.111. The number of ether oxygens (including phenoxy) is 3. The number of hydrogen-bond donors (Lipinski definition) is 1. The van der Waals surface area contributed by atoms with Crippen LogP contribution in [-0.4, -0.2) is 50.1 Å². The SMILES string of the molecule is COc1ccc(/C=C/C(=O)Nc2ccc3c(c2)C(=O)N2CCCCC2CCO3)cc1OC. The second-order valence-electron chi connectivity index (χ2n) is 7.93. The molecule has 0 aromatic heterocycles. The Balaban J connectivity index is 1.49. The molecule has 2 aliphatic rings. The van der Waals surface area contributed by atoms with Crippen LogP contribution in [0.1, 0.15) is 41.6 Å². The summed E-state index contributed by atoms with van der Waals surface area (Å²) in [6, 6.07) is 10.9.